The fraction of sp³-hybridized carbons (Fsp3) is 0.429. The zero-order chi connectivity index (χ0) is 25.0. The normalized spacial score (nSPS) is 11.6. The minimum atomic E-state index is 0.0362. The predicted molar refractivity (Wildman–Crippen MR) is 140 cm³/mol. The maximum absolute atomic E-state index is 8.60. The number of aryl methyl sites for hydroxylation is 2. The number of ether oxygens (including phenoxy) is 4. The monoisotopic (exact) mass is 493 g/mol. The van der Waals surface area contributed by atoms with Gasteiger partial charge in [0, 0.05) is 59.8 Å². The Hall–Kier alpha value is -2.88. The summed E-state index contributed by atoms with van der Waals surface area (Å²) in [4.78, 5) is 8.95. The van der Waals surface area contributed by atoms with Crippen LogP contribution in [0.25, 0.3) is 32.9 Å². The summed E-state index contributed by atoms with van der Waals surface area (Å²) in [6, 6.07) is 12.8. The fourth-order valence-electron chi connectivity index (χ4n) is 4.16. The second kappa shape index (κ2) is 14.0. The molecule has 0 aliphatic rings. The number of hydrogen-bond acceptors (Lipinski definition) is 7. The molecule has 0 bridgehead atoms. The number of aliphatic hydroxyl groups is 1. The quantitative estimate of drug-likeness (QED) is 0.238. The molecule has 1 N–H and O–H groups in total. The van der Waals surface area contributed by atoms with Gasteiger partial charge in [0.15, 0.2) is 0 Å². The van der Waals surface area contributed by atoms with Crippen LogP contribution >= 0.6 is 0 Å². The Morgan fingerprint density at radius 1 is 0.722 bits per heavy atom. The van der Waals surface area contributed by atoms with Gasteiger partial charge >= 0.3 is 0 Å². The van der Waals surface area contributed by atoms with Crippen molar-refractivity contribution < 1.29 is 24.1 Å². The number of benzene rings is 1. The first-order chi connectivity index (χ1) is 17.8. The molecule has 36 heavy (non-hydrogen) atoms. The molecule has 0 aliphatic heterocycles. The summed E-state index contributed by atoms with van der Waals surface area (Å²) in [6.07, 6.45) is 7.51. The van der Waals surface area contributed by atoms with Crippen LogP contribution < -0.4 is 0 Å². The largest absolute Gasteiger partial charge is 0.394 e. The van der Waals surface area contributed by atoms with E-state index >= 15 is 0 Å². The number of rotatable bonds is 16. The molecular formula is C28H35N3O5. The minimum Gasteiger partial charge on any atom is -0.394 e. The van der Waals surface area contributed by atoms with Gasteiger partial charge in [-0.1, -0.05) is 18.2 Å². The van der Waals surface area contributed by atoms with Crippen LogP contribution in [0.4, 0.5) is 0 Å². The van der Waals surface area contributed by atoms with Gasteiger partial charge in [-0.2, -0.15) is 0 Å². The molecule has 0 atom stereocenters. The van der Waals surface area contributed by atoms with Crippen molar-refractivity contribution in [3.63, 3.8) is 0 Å². The molecule has 0 spiro atoms. The summed E-state index contributed by atoms with van der Waals surface area (Å²) in [5, 5.41) is 11.0. The van der Waals surface area contributed by atoms with Gasteiger partial charge in [-0.25, -0.2) is 0 Å². The summed E-state index contributed by atoms with van der Waals surface area (Å²) in [6.45, 7) is 4.23. The molecule has 8 heteroatoms. The number of aromatic nitrogens is 3. The zero-order valence-corrected chi connectivity index (χ0v) is 20.9. The van der Waals surface area contributed by atoms with E-state index in [1.165, 1.54) is 21.8 Å². The van der Waals surface area contributed by atoms with Crippen molar-refractivity contribution in [3.8, 4) is 11.1 Å². The highest BCUT2D eigenvalue weighted by molar-refractivity contribution is 6.08. The molecule has 3 aromatic heterocycles. The Labute approximate surface area is 211 Å². The molecule has 0 amide bonds. The molecule has 3 heterocycles. The Balaban J connectivity index is 1.13. The third kappa shape index (κ3) is 7.09. The zero-order valence-electron chi connectivity index (χ0n) is 20.9. The number of fused-ring (bicyclic) bond motifs is 3. The first kappa shape index (κ1) is 26.2. The molecule has 192 valence electrons. The third-order valence-corrected chi connectivity index (χ3v) is 6.04. The van der Waals surface area contributed by atoms with Gasteiger partial charge < -0.3 is 28.6 Å². The van der Waals surface area contributed by atoms with Crippen LogP contribution in [0.2, 0.25) is 0 Å². The van der Waals surface area contributed by atoms with E-state index in [0.717, 1.165) is 29.7 Å². The van der Waals surface area contributed by atoms with E-state index < -0.39 is 0 Å². The first-order valence-electron chi connectivity index (χ1n) is 12.5. The number of aliphatic hydroxyl groups excluding tert-OH is 1. The number of pyridine rings is 2. The molecule has 4 rings (SSSR count). The lowest BCUT2D eigenvalue weighted by molar-refractivity contribution is -0.00564. The molecule has 1 aromatic carbocycles. The van der Waals surface area contributed by atoms with E-state index in [2.05, 4.69) is 58.0 Å². The molecule has 0 radical (unpaired) electrons. The van der Waals surface area contributed by atoms with Crippen LogP contribution in [-0.4, -0.2) is 79.1 Å². The Morgan fingerprint density at radius 2 is 1.42 bits per heavy atom. The molecule has 0 saturated heterocycles. The molecule has 4 aromatic rings. The molecule has 0 aliphatic carbocycles. The predicted octanol–water partition coefficient (Wildman–Crippen LogP) is 3.78. The van der Waals surface area contributed by atoms with E-state index in [0.29, 0.717) is 52.9 Å². The van der Waals surface area contributed by atoms with Gasteiger partial charge in [0.1, 0.15) is 0 Å². The Kier molecular flexibility index (Phi) is 10.2. The van der Waals surface area contributed by atoms with E-state index in [1.54, 1.807) is 0 Å². The summed E-state index contributed by atoms with van der Waals surface area (Å²) in [5.41, 5.74) is 5.71. The highest BCUT2D eigenvalue weighted by Gasteiger charge is 2.09. The van der Waals surface area contributed by atoms with Crippen LogP contribution in [0.5, 0.6) is 0 Å². The molecule has 0 saturated carbocycles. The van der Waals surface area contributed by atoms with E-state index in [4.69, 9.17) is 24.1 Å². The van der Waals surface area contributed by atoms with E-state index in [9.17, 15) is 0 Å². The van der Waals surface area contributed by atoms with Crippen LogP contribution in [-0.2, 0) is 32.4 Å². The van der Waals surface area contributed by atoms with Crippen LogP contribution in [0.15, 0.2) is 55.0 Å². The summed E-state index contributed by atoms with van der Waals surface area (Å²) in [7, 11) is 2.10. The second-order valence-corrected chi connectivity index (χ2v) is 8.50. The standard InChI is InChI=1S/C28H35N3O5/c1-31-27-8-9-29-21-26(27)25-7-5-22(19-28(25)31)23-4-6-24(30-20-23)3-2-11-33-13-15-35-17-18-36-16-14-34-12-10-32/h4-9,19-21,32H,2-3,10-18H2,1H3. The molecule has 0 unspecified atom stereocenters. The lowest BCUT2D eigenvalue weighted by atomic mass is 10.0. The van der Waals surface area contributed by atoms with Crippen molar-refractivity contribution in [2.45, 2.75) is 12.8 Å². The minimum absolute atomic E-state index is 0.0362. The van der Waals surface area contributed by atoms with Crippen molar-refractivity contribution >= 4 is 21.8 Å². The topological polar surface area (TPSA) is 87.9 Å². The lowest BCUT2D eigenvalue weighted by Gasteiger charge is -2.07. The van der Waals surface area contributed by atoms with Gasteiger partial charge in [-0.15, -0.1) is 0 Å². The highest BCUT2D eigenvalue weighted by atomic mass is 16.6. The van der Waals surface area contributed by atoms with Gasteiger partial charge in [-0.05, 0) is 36.6 Å². The van der Waals surface area contributed by atoms with Gasteiger partial charge in [0.05, 0.1) is 58.4 Å². The molecule has 8 nitrogen and oxygen atoms in total. The molecule has 0 fully saturated rings. The fourth-order valence-corrected chi connectivity index (χ4v) is 4.16. The van der Waals surface area contributed by atoms with Crippen molar-refractivity contribution in [1.29, 1.82) is 0 Å². The van der Waals surface area contributed by atoms with Crippen LogP contribution in [0.3, 0.4) is 0 Å². The van der Waals surface area contributed by atoms with Crippen molar-refractivity contribution in [3.05, 3.63) is 60.7 Å². The maximum Gasteiger partial charge on any atom is 0.0701 e. The van der Waals surface area contributed by atoms with Crippen molar-refractivity contribution in [2.75, 3.05) is 59.5 Å². The summed E-state index contributed by atoms with van der Waals surface area (Å²) in [5.74, 6) is 0. The maximum atomic E-state index is 8.60. The van der Waals surface area contributed by atoms with E-state index in [-0.39, 0.29) is 6.61 Å². The average molecular weight is 494 g/mol. The Morgan fingerprint density at radius 3 is 2.11 bits per heavy atom. The van der Waals surface area contributed by atoms with Gasteiger partial charge in [-0.3, -0.25) is 9.97 Å². The third-order valence-electron chi connectivity index (χ3n) is 6.04. The summed E-state index contributed by atoms with van der Waals surface area (Å²) < 4.78 is 23.8. The van der Waals surface area contributed by atoms with Crippen molar-refractivity contribution in [1.82, 2.24) is 14.5 Å². The smallest absolute Gasteiger partial charge is 0.0701 e. The van der Waals surface area contributed by atoms with Gasteiger partial charge in [0.25, 0.3) is 0 Å². The average Bonchev–Trinajstić information content (AvgIpc) is 3.20. The highest BCUT2D eigenvalue weighted by Crippen LogP contribution is 2.31. The first-order valence-corrected chi connectivity index (χ1v) is 12.5. The lowest BCUT2D eigenvalue weighted by Crippen LogP contribution is -2.12. The van der Waals surface area contributed by atoms with Gasteiger partial charge in [0.2, 0.25) is 0 Å². The number of nitrogens with zero attached hydrogens (tertiary/aromatic N) is 3. The van der Waals surface area contributed by atoms with Crippen molar-refractivity contribution in [2.24, 2.45) is 7.05 Å². The Bertz CT molecular complexity index is 1210. The second-order valence-electron chi connectivity index (χ2n) is 8.50. The van der Waals surface area contributed by atoms with Crippen LogP contribution in [0.1, 0.15) is 12.1 Å². The molecular weight excluding hydrogens is 458 g/mol. The summed E-state index contributed by atoms with van der Waals surface area (Å²) >= 11 is 0. The van der Waals surface area contributed by atoms with E-state index in [1.807, 2.05) is 18.6 Å². The SMILES string of the molecule is Cn1c2ccncc2c2ccc(-c3ccc(CCCOCCOCCOCCOCCO)nc3)cc21. The number of hydrogen-bond donors (Lipinski definition) is 1. The van der Waals surface area contributed by atoms with Crippen LogP contribution in [0, 0.1) is 0 Å².